The fourth-order valence-electron chi connectivity index (χ4n) is 9.71. The summed E-state index contributed by atoms with van der Waals surface area (Å²) >= 11 is 0. The lowest BCUT2D eigenvalue weighted by atomic mass is 10.0. The molecule has 8 aromatic rings. The zero-order valence-electron chi connectivity index (χ0n) is 49.3. The molecule has 0 fully saturated rings. The molecule has 0 aliphatic heterocycles. The number of rotatable bonds is 26. The summed E-state index contributed by atoms with van der Waals surface area (Å²) in [6.45, 7) is 19.0. The summed E-state index contributed by atoms with van der Waals surface area (Å²) in [4.78, 5) is 28.7. The Balaban J connectivity index is 0.000000246. The minimum Gasteiger partial charge on any atom is -0.507 e. The van der Waals surface area contributed by atoms with E-state index >= 15 is 0 Å². The Morgan fingerprint density at radius 3 is 0.988 bits per heavy atom. The molecule has 0 radical (unpaired) electrons. The van der Waals surface area contributed by atoms with Crippen molar-refractivity contribution >= 4 is 0 Å². The van der Waals surface area contributed by atoms with Gasteiger partial charge in [0.25, 0.3) is 0 Å². The predicted molar refractivity (Wildman–Crippen MR) is 326 cm³/mol. The zero-order chi connectivity index (χ0) is 58.7. The van der Waals surface area contributed by atoms with E-state index in [-0.39, 0.29) is 31.3 Å². The van der Waals surface area contributed by atoms with Crippen molar-refractivity contribution in [1.82, 2.24) is 29.9 Å². The van der Waals surface area contributed by atoms with Gasteiger partial charge in [0.15, 0.2) is 34.9 Å². The van der Waals surface area contributed by atoms with Crippen molar-refractivity contribution in [2.75, 3.05) is 33.0 Å². The van der Waals surface area contributed by atoms with Gasteiger partial charge in [0.1, 0.15) is 48.4 Å². The van der Waals surface area contributed by atoms with Gasteiger partial charge >= 0.3 is 0 Å². The van der Waals surface area contributed by atoms with Crippen LogP contribution in [-0.4, -0.2) is 101 Å². The molecule has 432 valence electrons. The first kappa shape index (κ1) is 62.0. The number of ether oxygens (including phenoxy) is 3. The van der Waals surface area contributed by atoms with Crippen LogP contribution in [0, 0.1) is 55.4 Å². The number of phenolic OH excluding ortho intramolecular Hbond substituents is 2. The second-order valence-electron chi connectivity index (χ2n) is 21.6. The Labute approximate surface area is 484 Å². The highest BCUT2D eigenvalue weighted by Gasteiger charge is 2.20. The van der Waals surface area contributed by atoms with Crippen molar-refractivity contribution in [3.8, 4) is 91.3 Å². The summed E-state index contributed by atoms with van der Waals surface area (Å²) in [6, 6.07) is 34.4. The molecule has 0 saturated heterocycles. The molecule has 14 nitrogen and oxygen atoms in total. The van der Waals surface area contributed by atoms with E-state index < -0.39 is 18.8 Å². The predicted octanol–water partition coefficient (Wildman–Crippen LogP) is 14.0. The molecule has 2 unspecified atom stereocenters. The minimum atomic E-state index is -0.999. The SMILES string of the molecule is CCCCCCCCCCCCOCC(O)COc1ccc(-c2nc(-c3ccc(C)cc3C)nc(-c3ccc(C)cc3C)n2)c(O)c1.Cc1ccc(-c2nc(-c3ccc(C)cc3C)nc(-c3ccc(OCC(O)CO)cc3O)n2)c(C)c1. The molecule has 0 saturated carbocycles. The zero-order valence-corrected chi connectivity index (χ0v) is 49.3. The molecule has 0 aliphatic rings. The smallest absolute Gasteiger partial charge is 0.167 e. The molecule has 82 heavy (non-hydrogen) atoms. The van der Waals surface area contributed by atoms with Crippen LogP contribution in [0.5, 0.6) is 23.0 Å². The normalized spacial score (nSPS) is 12.0. The summed E-state index contributed by atoms with van der Waals surface area (Å²) in [5.74, 6) is 3.56. The van der Waals surface area contributed by atoms with Crippen LogP contribution in [0.1, 0.15) is 116 Å². The topological polar surface area (TPSA) is 206 Å². The Hall–Kier alpha value is -7.62. The molecule has 6 aromatic carbocycles. The average molecular weight is 1110 g/mol. The van der Waals surface area contributed by atoms with Gasteiger partial charge in [-0.05, 0) is 108 Å². The van der Waals surface area contributed by atoms with Crippen molar-refractivity contribution < 1.29 is 39.7 Å². The van der Waals surface area contributed by atoms with E-state index in [9.17, 15) is 20.4 Å². The largest absolute Gasteiger partial charge is 0.507 e. The third-order valence-corrected chi connectivity index (χ3v) is 14.2. The van der Waals surface area contributed by atoms with E-state index in [1.165, 1.54) is 63.5 Å². The number of hydrogen-bond donors (Lipinski definition) is 5. The quantitative estimate of drug-likeness (QED) is 0.0320. The van der Waals surface area contributed by atoms with Crippen LogP contribution in [0.4, 0.5) is 0 Å². The Kier molecular flexibility index (Phi) is 23.0. The highest BCUT2D eigenvalue weighted by molar-refractivity contribution is 5.74. The number of aliphatic hydroxyl groups is 3. The van der Waals surface area contributed by atoms with Gasteiger partial charge in [-0.25, -0.2) is 29.9 Å². The summed E-state index contributed by atoms with van der Waals surface area (Å²) in [6.07, 6.45) is 11.0. The van der Waals surface area contributed by atoms with Crippen LogP contribution >= 0.6 is 0 Å². The Morgan fingerprint density at radius 2 is 0.671 bits per heavy atom. The van der Waals surface area contributed by atoms with Gasteiger partial charge in [-0.15, -0.1) is 0 Å². The summed E-state index contributed by atoms with van der Waals surface area (Å²) in [5.41, 5.74) is 13.3. The number of benzene rings is 6. The van der Waals surface area contributed by atoms with Crippen LogP contribution < -0.4 is 9.47 Å². The lowest BCUT2D eigenvalue weighted by Crippen LogP contribution is -2.23. The number of phenols is 2. The van der Waals surface area contributed by atoms with Gasteiger partial charge in [-0.2, -0.15) is 0 Å². The Morgan fingerprint density at radius 1 is 0.366 bits per heavy atom. The summed E-state index contributed by atoms with van der Waals surface area (Å²) in [7, 11) is 0. The van der Waals surface area contributed by atoms with Crippen molar-refractivity contribution in [2.45, 2.75) is 139 Å². The third kappa shape index (κ3) is 17.7. The second kappa shape index (κ2) is 30.4. The van der Waals surface area contributed by atoms with Gasteiger partial charge in [0.2, 0.25) is 0 Å². The lowest BCUT2D eigenvalue weighted by Gasteiger charge is -2.14. The highest BCUT2D eigenvalue weighted by Crippen LogP contribution is 2.36. The first-order valence-corrected chi connectivity index (χ1v) is 28.8. The van der Waals surface area contributed by atoms with Crippen LogP contribution in [0.15, 0.2) is 109 Å². The molecular weight excluding hydrogens is 1030 g/mol. The molecule has 0 aliphatic carbocycles. The fourth-order valence-corrected chi connectivity index (χ4v) is 9.71. The van der Waals surface area contributed by atoms with Crippen molar-refractivity contribution in [3.63, 3.8) is 0 Å². The molecule has 5 N–H and O–H groups in total. The van der Waals surface area contributed by atoms with Crippen LogP contribution in [0.2, 0.25) is 0 Å². The van der Waals surface area contributed by atoms with Gasteiger partial charge < -0.3 is 39.7 Å². The van der Waals surface area contributed by atoms with Crippen molar-refractivity contribution in [3.05, 3.63) is 154 Å². The summed E-state index contributed by atoms with van der Waals surface area (Å²) in [5, 5.41) is 50.7. The van der Waals surface area contributed by atoms with Gasteiger partial charge in [0.05, 0.1) is 24.3 Å². The number of aromatic nitrogens is 6. The monoisotopic (exact) mass is 1110 g/mol. The second-order valence-corrected chi connectivity index (χ2v) is 21.6. The molecule has 2 heterocycles. The molecule has 0 bridgehead atoms. The standard InChI is InChI=1S/C40H53N3O4.C28H29N3O4/c1-6-7-8-9-10-11-12-13-14-15-22-46-26-32(44)27-47-33-18-21-36(37(45)25-33)40-42-38(34-19-16-28(2)23-30(34)4)41-39(43-40)35-20-17-29(3)24-31(35)5;1-16-5-8-22(18(3)11-16)26-29-27(23-9-6-17(2)12-19(23)4)31-28(30-26)24-10-7-21(13-25(24)34)35-15-20(33)14-32/h16-21,23-25,32,44-45H,6-15,22,26-27H2,1-5H3;5-13,20,32-34H,14-15H2,1-4H3. The van der Waals surface area contributed by atoms with Crippen LogP contribution in [0.25, 0.3) is 68.3 Å². The molecule has 2 aromatic heterocycles. The lowest BCUT2D eigenvalue weighted by molar-refractivity contribution is 0.0109. The maximum Gasteiger partial charge on any atom is 0.167 e. The minimum absolute atomic E-state index is 0.0152. The van der Waals surface area contributed by atoms with Crippen LogP contribution in [0.3, 0.4) is 0 Å². The number of nitrogens with zero attached hydrogens (tertiary/aromatic N) is 6. The molecule has 0 spiro atoms. The number of aromatic hydroxyl groups is 2. The third-order valence-electron chi connectivity index (χ3n) is 14.2. The van der Waals surface area contributed by atoms with E-state index in [1.807, 2.05) is 90.1 Å². The number of unbranched alkanes of at least 4 members (excludes halogenated alkanes) is 9. The fraction of sp³-hybridized carbons (Fsp3) is 0.382. The maximum atomic E-state index is 11.1. The van der Waals surface area contributed by atoms with Gasteiger partial charge in [-0.1, -0.05) is 160 Å². The van der Waals surface area contributed by atoms with E-state index in [4.69, 9.17) is 49.2 Å². The van der Waals surface area contributed by atoms with Crippen molar-refractivity contribution in [2.24, 2.45) is 0 Å². The van der Waals surface area contributed by atoms with E-state index in [1.54, 1.807) is 24.3 Å². The molecule has 0 amide bonds. The van der Waals surface area contributed by atoms with E-state index in [0.29, 0.717) is 64.2 Å². The highest BCUT2D eigenvalue weighted by atomic mass is 16.5. The Bertz CT molecular complexity index is 3250. The molecule has 8 rings (SSSR count). The molecule has 14 heteroatoms. The number of aliphatic hydroxyl groups excluding tert-OH is 3. The van der Waals surface area contributed by atoms with Gasteiger partial charge in [0, 0.05) is 41.0 Å². The maximum absolute atomic E-state index is 11.1. The average Bonchev–Trinajstić information content (AvgIpc) is 3.07. The van der Waals surface area contributed by atoms with E-state index in [0.717, 1.165) is 79.6 Å². The van der Waals surface area contributed by atoms with Gasteiger partial charge in [-0.3, -0.25) is 0 Å². The van der Waals surface area contributed by atoms with Crippen molar-refractivity contribution in [1.29, 1.82) is 0 Å². The molecule has 2 atom stereocenters. The molecular formula is C68H82N6O8. The first-order chi connectivity index (χ1) is 39.5. The number of aryl methyl sites for hydroxylation is 8. The summed E-state index contributed by atoms with van der Waals surface area (Å²) < 4.78 is 16.9. The van der Waals surface area contributed by atoms with Crippen LogP contribution in [-0.2, 0) is 4.74 Å². The van der Waals surface area contributed by atoms with E-state index in [2.05, 4.69) is 45.0 Å². The number of hydrogen-bond acceptors (Lipinski definition) is 14. The first-order valence-electron chi connectivity index (χ1n) is 28.8.